The van der Waals surface area contributed by atoms with Crippen molar-refractivity contribution in [2.45, 2.75) is 25.5 Å². The number of piperidine rings is 1. The van der Waals surface area contributed by atoms with Crippen LogP contribution in [0.2, 0.25) is 0 Å². The molecule has 26 heavy (non-hydrogen) atoms. The molecule has 0 aliphatic carbocycles. The molecule has 0 unspecified atom stereocenters. The number of nitrogens with one attached hydrogen (secondary N) is 1. The van der Waals surface area contributed by atoms with Crippen LogP contribution in [0.1, 0.15) is 18.5 Å². The molecular formula is C20H23N5O. The molecule has 0 radical (unpaired) electrons. The fourth-order valence-corrected chi connectivity index (χ4v) is 3.23. The number of anilines is 2. The van der Waals surface area contributed by atoms with E-state index in [2.05, 4.69) is 20.3 Å². The minimum Gasteiger partial charge on any atom is -0.393 e. The number of hydrogen-bond donors (Lipinski definition) is 2. The van der Waals surface area contributed by atoms with E-state index in [1.807, 2.05) is 65.6 Å². The van der Waals surface area contributed by atoms with E-state index in [4.69, 9.17) is 0 Å². The Kier molecular flexibility index (Phi) is 4.84. The third-order valence-corrected chi connectivity index (χ3v) is 4.68. The van der Waals surface area contributed by atoms with E-state index in [1.54, 1.807) is 0 Å². The van der Waals surface area contributed by atoms with Crippen LogP contribution < -0.4 is 10.2 Å². The molecule has 2 N–H and O–H groups in total. The number of benzene rings is 1. The normalized spacial score (nSPS) is 15.2. The molecule has 1 aliphatic rings. The Morgan fingerprint density at radius 2 is 1.85 bits per heavy atom. The monoisotopic (exact) mass is 349 g/mol. The zero-order chi connectivity index (χ0) is 17.8. The van der Waals surface area contributed by atoms with Crippen LogP contribution in [0.15, 0.2) is 60.9 Å². The molecule has 1 fully saturated rings. The van der Waals surface area contributed by atoms with Crippen molar-refractivity contribution in [2.24, 2.45) is 0 Å². The topological polar surface area (TPSA) is 66.2 Å². The van der Waals surface area contributed by atoms with Gasteiger partial charge in [-0.25, -0.2) is 9.67 Å². The molecule has 2 aromatic heterocycles. The summed E-state index contributed by atoms with van der Waals surface area (Å²) >= 11 is 0. The van der Waals surface area contributed by atoms with Crippen LogP contribution in [0.25, 0.3) is 5.69 Å². The quantitative estimate of drug-likeness (QED) is 0.741. The van der Waals surface area contributed by atoms with E-state index in [0.717, 1.165) is 48.8 Å². The van der Waals surface area contributed by atoms with E-state index < -0.39 is 0 Å². The fourth-order valence-electron chi connectivity index (χ4n) is 3.23. The summed E-state index contributed by atoms with van der Waals surface area (Å²) in [4.78, 5) is 6.78. The summed E-state index contributed by atoms with van der Waals surface area (Å²) in [6, 6.07) is 16.1. The van der Waals surface area contributed by atoms with Crippen LogP contribution >= 0.6 is 0 Å². The van der Waals surface area contributed by atoms with Crippen LogP contribution in [0, 0.1) is 0 Å². The zero-order valence-corrected chi connectivity index (χ0v) is 14.6. The molecule has 4 rings (SSSR count). The summed E-state index contributed by atoms with van der Waals surface area (Å²) in [5.74, 6) is 0.946. The first-order chi connectivity index (χ1) is 12.8. The first-order valence-corrected chi connectivity index (χ1v) is 9.01. The molecular weight excluding hydrogens is 326 g/mol. The van der Waals surface area contributed by atoms with Crippen molar-refractivity contribution in [2.75, 3.05) is 23.3 Å². The van der Waals surface area contributed by atoms with Gasteiger partial charge < -0.3 is 15.3 Å². The lowest BCUT2D eigenvalue weighted by Gasteiger charge is -2.31. The number of nitrogens with zero attached hydrogens (tertiary/aromatic N) is 4. The summed E-state index contributed by atoms with van der Waals surface area (Å²) in [6.07, 6.45) is 5.18. The van der Waals surface area contributed by atoms with Gasteiger partial charge >= 0.3 is 0 Å². The van der Waals surface area contributed by atoms with Gasteiger partial charge in [0.25, 0.3) is 0 Å². The Hall–Kier alpha value is -2.86. The number of aromatic nitrogens is 3. The second kappa shape index (κ2) is 7.58. The van der Waals surface area contributed by atoms with Gasteiger partial charge in [0.2, 0.25) is 0 Å². The predicted octanol–water partition coefficient (Wildman–Crippen LogP) is 2.84. The SMILES string of the molecule is OC1CCN(c2ncccc2NCc2ccn(-c3ccccc3)n2)CC1. The molecule has 1 saturated heterocycles. The molecule has 0 saturated carbocycles. The molecule has 6 heteroatoms. The van der Waals surface area contributed by atoms with Crippen molar-refractivity contribution in [3.8, 4) is 5.69 Å². The number of aliphatic hydroxyl groups excluding tert-OH is 1. The van der Waals surface area contributed by atoms with Gasteiger partial charge in [-0.05, 0) is 43.2 Å². The van der Waals surface area contributed by atoms with Gasteiger partial charge in [-0.3, -0.25) is 0 Å². The molecule has 0 atom stereocenters. The van der Waals surface area contributed by atoms with E-state index in [0.29, 0.717) is 6.54 Å². The van der Waals surface area contributed by atoms with Crippen LogP contribution in [-0.2, 0) is 6.54 Å². The standard InChI is InChI=1S/C20H23N5O/c26-18-9-12-24(13-10-18)20-19(7-4-11-21-20)22-15-16-8-14-25(23-16)17-5-2-1-3-6-17/h1-8,11,14,18,22,26H,9-10,12-13,15H2. The van der Waals surface area contributed by atoms with E-state index in [-0.39, 0.29) is 6.10 Å². The van der Waals surface area contributed by atoms with E-state index in [9.17, 15) is 5.11 Å². The Labute approximate surface area is 153 Å². The van der Waals surface area contributed by atoms with Crippen LogP contribution in [0.5, 0.6) is 0 Å². The van der Waals surface area contributed by atoms with Gasteiger partial charge in [0.1, 0.15) is 0 Å². The Morgan fingerprint density at radius 1 is 1.04 bits per heavy atom. The molecule has 134 valence electrons. The molecule has 0 spiro atoms. The summed E-state index contributed by atoms with van der Waals surface area (Å²) in [5, 5.41) is 17.8. The van der Waals surface area contributed by atoms with Crippen molar-refractivity contribution in [1.82, 2.24) is 14.8 Å². The van der Waals surface area contributed by atoms with Crippen LogP contribution in [0.3, 0.4) is 0 Å². The van der Waals surface area contributed by atoms with Crippen molar-refractivity contribution in [1.29, 1.82) is 0 Å². The maximum atomic E-state index is 9.72. The summed E-state index contributed by atoms with van der Waals surface area (Å²) < 4.78 is 1.88. The minimum absolute atomic E-state index is 0.187. The lowest BCUT2D eigenvalue weighted by molar-refractivity contribution is 0.145. The maximum Gasteiger partial charge on any atom is 0.151 e. The number of para-hydroxylation sites is 1. The lowest BCUT2D eigenvalue weighted by Crippen LogP contribution is -2.36. The summed E-state index contributed by atoms with van der Waals surface area (Å²) in [7, 11) is 0. The lowest BCUT2D eigenvalue weighted by atomic mass is 10.1. The highest BCUT2D eigenvalue weighted by molar-refractivity contribution is 5.65. The predicted molar refractivity (Wildman–Crippen MR) is 103 cm³/mol. The zero-order valence-electron chi connectivity index (χ0n) is 14.6. The van der Waals surface area contributed by atoms with Gasteiger partial charge in [-0.2, -0.15) is 5.10 Å². The van der Waals surface area contributed by atoms with Crippen LogP contribution in [0.4, 0.5) is 11.5 Å². The third-order valence-electron chi connectivity index (χ3n) is 4.68. The van der Waals surface area contributed by atoms with Gasteiger partial charge in [0.05, 0.1) is 29.7 Å². The highest BCUT2D eigenvalue weighted by Gasteiger charge is 2.20. The van der Waals surface area contributed by atoms with Crippen molar-refractivity contribution in [3.63, 3.8) is 0 Å². The second-order valence-corrected chi connectivity index (χ2v) is 6.53. The summed E-state index contributed by atoms with van der Waals surface area (Å²) in [6.45, 7) is 2.29. The first kappa shape index (κ1) is 16.6. The minimum atomic E-state index is -0.187. The Morgan fingerprint density at radius 3 is 2.65 bits per heavy atom. The van der Waals surface area contributed by atoms with Crippen LogP contribution in [-0.4, -0.2) is 39.1 Å². The van der Waals surface area contributed by atoms with Gasteiger partial charge in [-0.1, -0.05) is 18.2 Å². The van der Waals surface area contributed by atoms with Crippen molar-refractivity contribution >= 4 is 11.5 Å². The van der Waals surface area contributed by atoms with E-state index in [1.165, 1.54) is 0 Å². The highest BCUT2D eigenvalue weighted by Crippen LogP contribution is 2.26. The number of rotatable bonds is 5. The smallest absolute Gasteiger partial charge is 0.151 e. The molecule has 6 nitrogen and oxygen atoms in total. The largest absolute Gasteiger partial charge is 0.393 e. The molecule has 0 amide bonds. The molecule has 1 aliphatic heterocycles. The van der Waals surface area contributed by atoms with Gasteiger partial charge in [-0.15, -0.1) is 0 Å². The molecule has 1 aromatic carbocycles. The van der Waals surface area contributed by atoms with Gasteiger partial charge in [0.15, 0.2) is 5.82 Å². The Bertz CT molecular complexity index is 840. The average molecular weight is 349 g/mol. The van der Waals surface area contributed by atoms with Crippen molar-refractivity contribution < 1.29 is 5.11 Å². The Balaban J connectivity index is 1.45. The number of pyridine rings is 1. The third kappa shape index (κ3) is 3.70. The van der Waals surface area contributed by atoms with E-state index >= 15 is 0 Å². The first-order valence-electron chi connectivity index (χ1n) is 9.01. The maximum absolute atomic E-state index is 9.72. The highest BCUT2D eigenvalue weighted by atomic mass is 16.3. The number of aliphatic hydroxyl groups is 1. The van der Waals surface area contributed by atoms with Gasteiger partial charge in [0, 0.05) is 25.5 Å². The molecule has 3 aromatic rings. The molecule has 0 bridgehead atoms. The number of hydrogen-bond acceptors (Lipinski definition) is 5. The summed E-state index contributed by atoms with van der Waals surface area (Å²) in [5.41, 5.74) is 3.02. The van der Waals surface area contributed by atoms with Crippen molar-refractivity contribution in [3.05, 3.63) is 66.6 Å². The fraction of sp³-hybridized carbons (Fsp3) is 0.300. The molecule has 3 heterocycles. The average Bonchev–Trinajstić information content (AvgIpc) is 3.17. The second-order valence-electron chi connectivity index (χ2n) is 6.53.